The quantitative estimate of drug-likeness (QED) is 0.0687. The van der Waals surface area contributed by atoms with E-state index in [1.54, 1.807) is 30.5 Å². The van der Waals surface area contributed by atoms with Crippen molar-refractivity contribution in [3.8, 4) is 0 Å². The van der Waals surface area contributed by atoms with Crippen LogP contribution in [-0.4, -0.2) is 70.5 Å². The minimum atomic E-state index is -1.24. The highest BCUT2D eigenvalue weighted by Gasteiger charge is 2.30. The summed E-state index contributed by atoms with van der Waals surface area (Å²) in [6.07, 6.45) is 2.36. The normalized spacial score (nSPS) is 13.8. The summed E-state index contributed by atoms with van der Waals surface area (Å²) in [4.78, 5) is 58.6. The van der Waals surface area contributed by atoms with E-state index in [-0.39, 0.29) is 31.8 Å². The molecule has 42 heavy (non-hydrogen) atoms. The summed E-state index contributed by atoms with van der Waals surface area (Å²) >= 11 is 0. The van der Waals surface area contributed by atoms with E-state index in [2.05, 4.69) is 25.9 Å². The Morgan fingerprint density at radius 2 is 1.48 bits per heavy atom. The lowest BCUT2D eigenvalue weighted by atomic mass is 10.0. The average Bonchev–Trinajstić information content (AvgIpc) is 3.36. The number of nitrogens with zero attached hydrogens (tertiary/aromatic N) is 1. The van der Waals surface area contributed by atoms with Crippen molar-refractivity contribution in [2.24, 2.45) is 22.2 Å². The van der Waals surface area contributed by atoms with Gasteiger partial charge in [0.05, 0.1) is 6.04 Å². The Hall–Kier alpha value is -4.91. The molecule has 3 amide bonds. The predicted molar refractivity (Wildman–Crippen MR) is 159 cm³/mol. The molecule has 224 valence electrons. The lowest BCUT2D eigenvalue weighted by molar-refractivity contribution is -0.142. The standard InChI is InChI=1S/C29H38N8O5/c1-17(30)25(38)35-22(12-7-13-33-29(31)32)26(39)36-23(15-19-16-34-21-11-6-5-10-20(19)21)27(40)37-24(28(41)42)14-18-8-3-2-4-9-18/h2-6,8-11,16-17,22-24,34H,7,12-15,30H2,1H3,(H,35,38)(H,36,39)(H,37,40)(H,41,42)(H4,31,32,33). The number of amides is 3. The number of para-hydroxylation sites is 1. The fourth-order valence-electron chi connectivity index (χ4n) is 4.40. The molecule has 0 fully saturated rings. The molecule has 0 radical (unpaired) electrons. The van der Waals surface area contributed by atoms with Crippen molar-refractivity contribution in [1.82, 2.24) is 20.9 Å². The number of guanidine groups is 1. The molecule has 2 aromatic carbocycles. The van der Waals surface area contributed by atoms with Crippen LogP contribution in [0.15, 0.2) is 65.8 Å². The zero-order valence-electron chi connectivity index (χ0n) is 23.4. The van der Waals surface area contributed by atoms with Crippen LogP contribution >= 0.6 is 0 Å². The molecule has 3 rings (SSSR count). The fourth-order valence-corrected chi connectivity index (χ4v) is 4.40. The van der Waals surface area contributed by atoms with E-state index in [1.165, 1.54) is 6.92 Å². The zero-order valence-corrected chi connectivity index (χ0v) is 23.4. The van der Waals surface area contributed by atoms with Crippen molar-refractivity contribution in [1.29, 1.82) is 0 Å². The zero-order chi connectivity index (χ0) is 30.6. The van der Waals surface area contributed by atoms with E-state index in [4.69, 9.17) is 17.2 Å². The molecule has 0 aliphatic heterocycles. The Balaban J connectivity index is 1.85. The molecule has 0 bridgehead atoms. The Labute approximate surface area is 243 Å². The Bertz CT molecular complexity index is 1400. The number of aromatic amines is 1. The van der Waals surface area contributed by atoms with Gasteiger partial charge in [-0.2, -0.15) is 0 Å². The third-order valence-electron chi connectivity index (χ3n) is 6.62. The number of benzene rings is 2. The monoisotopic (exact) mass is 578 g/mol. The molecule has 0 aliphatic rings. The number of aliphatic imine (C=N–C) groups is 1. The van der Waals surface area contributed by atoms with Gasteiger partial charge in [-0.1, -0.05) is 48.5 Å². The van der Waals surface area contributed by atoms with Gasteiger partial charge in [-0.25, -0.2) is 4.79 Å². The van der Waals surface area contributed by atoms with Crippen molar-refractivity contribution in [2.75, 3.05) is 6.54 Å². The van der Waals surface area contributed by atoms with Crippen LogP contribution < -0.4 is 33.2 Å². The summed E-state index contributed by atoms with van der Waals surface area (Å²) in [7, 11) is 0. The number of aromatic nitrogens is 1. The summed E-state index contributed by atoms with van der Waals surface area (Å²) in [6.45, 7) is 1.70. The number of carbonyl (C=O) groups is 4. The predicted octanol–water partition coefficient (Wildman–Crippen LogP) is -0.107. The third-order valence-corrected chi connectivity index (χ3v) is 6.62. The van der Waals surface area contributed by atoms with Gasteiger partial charge >= 0.3 is 5.97 Å². The molecule has 3 aromatic rings. The van der Waals surface area contributed by atoms with Crippen molar-refractivity contribution in [2.45, 2.75) is 56.8 Å². The summed E-state index contributed by atoms with van der Waals surface area (Å²) in [6, 6.07) is 12.0. The molecular weight excluding hydrogens is 540 g/mol. The Kier molecular flexibility index (Phi) is 11.4. The number of nitrogens with two attached hydrogens (primary N) is 3. The van der Waals surface area contributed by atoms with Crippen molar-refractivity contribution in [3.63, 3.8) is 0 Å². The SMILES string of the molecule is CC(N)C(=O)NC(CCCN=C(N)N)C(=O)NC(Cc1c[nH]c2ccccc12)C(=O)NC(Cc1ccccc1)C(=O)O. The van der Waals surface area contributed by atoms with Crippen LogP contribution in [0.25, 0.3) is 10.9 Å². The lowest BCUT2D eigenvalue weighted by Crippen LogP contribution is -2.57. The minimum Gasteiger partial charge on any atom is -0.480 e. The maximum absolute atomic E-state index is 13.6. The van der Waals surface area contributed by atoms with Gasteiger partial charge in [0.1, 0.15) is 18.1 Å². The smallest absolute Gasteiger partial charge is 0.326 e. The topological polar surface area (TPSA) is 231 Å². The number of H-pyrrole nitrogens is 1. The summed E-state index contributed by atoms with van der Waals surface area (Å²) < 4.78 is 0. The second-order valence-corrected chi connectivity index (χ2v) is 10.0. The van der Waals surface area contributed by atoms with Gasteiger partial charge in [0.25, 0.3) is 0 Å². The van der Waals surface area contributed by atoms with E-state index < -0.39 is 47.9 Å². The first-order chi connectivity index (χ1) is 20.0. The molecule has 1 aromatic heterocycles. The van der Waals surface area contributed by atoms with Crippen LogP contribution in [0.4, 0.5) is 0 Å². The van der Waals surface area contributed by atoms with Crippen LogP contribution in [0, 0.1) is 0 Å². The lowest BCUT2D eigenvalue weighted by Gasteiger charge is -2.25. The first kappa shape index (κ1) is 31.6. The highest BCUT2D eigenvalue weighted by molar-refractivity contribution is 5.94. The van der Waals surface area contributed by atoms with Gasteiger partial charge in [0, 0.05) is 36.5 Å². The number of carboxylic acid groups (broad SMARTS) is 1. The molecule has 0 aliphatic carbocycles. The van der Waals surface area contributed by atoms with Crippen LogP contribution in [-0.2, 0) is 32.0 Å². The number of nitrogens with one attached hydrogen (secondary N) is 4. The van der Waals surface area contributed by atoms with Gasteiger partial charge in [-0.15, -0.1) is 0 Å². The molecule has 0 spiro atoms. The van der Waals surface area contributed by atoms with Crippen molar-refractivity contribution in [3.05, 3.63) is 71.9 Å². The second-order valence-electron chi connectivity index (χ2n) is 10.0. The number of rotatable bonds is 15. The largest absolute Gasteiger partial charge is 0.480 e. The highest BCUT2D eigenvalue weighted by atomic mass is 16.4. The number of hydrogen-bond donors (Lipinski definition) is 8. The van der Waals surface area contributed by atoms with Crippen LogP contribution in [0.5, 0.6) is 0 Å². The molecule has 13 nitrogen and oxygen atoms in total. The van der Waals surface area contributed by atoms with Gasteiger partial charge in [0.15, 0.2) is 5.96 Å². The molecule has 11 N–H and O–H groups in total. The first-order valence-electron chi connectivity index (χ1n) is 13.6. The van der Waals surface area contributed by atoms with Gasteiger partial charge in [-0.05, 0) is 37.0 Å². The van der Waals surface area contributed by atoms with E-state index >= 15 is 0 Å². The molecule has 4 unspecified atom stereocenters. The van der Waals surface area contributed by atoms with Gasteiger partial charge in [0.2, 0.25) is 17.7 Å². The highest BCUT2D eigenvalue weighted by Crippen LogP contribution is 2.19. The number of hydrogen-bond acceptors (Lipinski definition) is 6. The van der Waals surface area contributed by atoms with Crippen LogP contribution in [0.3, 0.4) is 0 Å². The van der Waals surface area contributed by atoms with Crippen LogP contribution in [0.2, 0.25) is 0 Å². The third kappa shape index (κ3) is 9.34. The first-order valence-corrected chi connectivity index (χ1v) is 13.6. The van der Waals surface area contributed by atoms with E-state index in [0.29, 0.717) is 6.42 Å². The molecule has 0 saturated carbocycles. The van der Waals surface area contributed by atoms with E-state index in [1.807, 2.05) is 30.3 Å². The van der Waals surface area contributed by atoms with E-state index in [0.717, 1.165) is 22.0 Å². The Morgan fingerprint density at radius 3 is 2.14 bits per heavy atom. The number of carbonyl (C=O) groups excluding carboxylic acids is 3. The molecule has 1 heterocycles. The number of aliphatic carboxylic acids is 1. The summed E-state index contributed by atoms with van der Waals surface area (Å²) in [5.41, 5.74) is 18.8. The van der Waals surface area contributed by atoms with Gasteiger partial charge < -0.3 is 43.2 Å². The maximum Gasteiger partial charge on any atom is 0.326 e. The van der Waals surface area contributed by atoms with Gasteiger partial charge in [-0.3, -0.25) is 19.4 Å². The second kappa shape index (κ2) is 15.2. The molecular formula is C29H38N8O5. The number of carboxylic acids is 1. The molecule has 4 atom stereocenters. The molecule has 13 heteroatoms. The average molecular weight is 579 g/mol. The van der Waals surface area contributed by atoms with Crippen LogP contribution in [0.1, 0.15) is 30.9 Å². The van der Waals surface area contributed by atoms with Crippen molar-refractivity contribution < 1.29 is 24.3 Å². The minimum absolute atomic E-state index is 0.0491. The number of fused-ring (bicyclic) bond motifs is 1. The summed E-state index contributed by atoms with van der Waals surface area (Å²) in [5.74, 6) is -3.19. The Morgan fingerprint density at radius 1 is 0.857 bits per heavy atom. The fraction of sp³-hybridized carbons (Fsp3) is 0.345. The molecule has 0 saturated heterocycles. The van der Waals surface area contributed by atoms with E-state index in [9.17, 15) is 24.3 Å². The maximum atomic E-state index is 13.6. The van der Waals surface area contributed by atoms with Crippen molar-refractivity contribution >= 4 is 40.6 Å². The summed E-state index contributed by atoms with van der Waals surface area (Å²) in [5, 5.41) is 18.6.